The topological polar surface area (TPSA) is 76.6 Å². The van der Waals surface area contributed by atoms with E-state index in [1.165, 1.54) is 11.3 Å². The minimum atomic E-state index is -0.230. The summed E-state index contributed by atoms with van der Waals surface area (Å²) in [5.74, 6) is 0.197. The third kappa shape index (κ3) is 4.03. The zero-order chi connectivity index (χ0) is 17.8. The van der Waals surface area contributed by atoms with Crippen molar-refractivity contribution < 1.29 is 14.3 Å². The van der Waals surface area contributed by atoms with Gasteiger partial charge < -0.3 is 14.4 Å². The molecule has 4 rings (SSSR count). The molecule has 0 spiro atoms. The maximum Gasteiger partial charge on any atom is 0.276 e. The van der Waals surface area contributed by atoms with Crippen LogP contribution in [0.1, 0.15) is 34.9 Å². The number of ether oxygens (including phenoxy) is 2. The summed E-state index contributed by atoms with van der Waals surface area (Å²) in [4.78, 5) is 23.5. The fourth-order valence-corrected chi connectivity index (χ4v) is 4.00. The van der Waals surface area contributed by atoms with Gasteiger partial charge in [0.05, 0.1) is 30.8 Å². The second-order valence-corrected chi connectivity index (χ2v) is 7.28. The fraction of sp³-hybridized carbons (Fsp3) is 0.500. The number of thiazole rings is 1. The molecular weight excluding hydrogens is 352 g/mol. The van der Waals surface area contributed by atoms with E-state index in [2.05, 4.69) is 20.2 Å². The lowest BCUT2D eigenvalue weighted by molar-refractivity contribution is 0.0846. The molecule has 2 aliphatic heterocycles. The third-order valence-corrected chi connectivity index (χ3v) is 5.51. The van der Waals surface area contributed by atoms with Gasteiger partial charge in [-0.15, -0.1) is 11.3 Å². The molecule has 0 atom stereocenters. The first kappa shape index (κ1) is 17.4. The number of hydrogen-bond donors (Lipinski definition) is 1. The number of hydrogen-bond acceptors (Lipinski definition) is 7. The van der Waals surface area contributed by atoms with Gasteiger partial charge in [-0.1, -0.05) is 0 Å². The van der Waals surface area contributed by atoms with Crippen molar-refractivity contribution in [3.63, 3.8) is 0 Å². The van der Waals surface area contributed by atoms with Crippen molar-refractivity contribution in [1.29, 1.82) is 0 Å². The fourth-order valence-electron chi connectivity index (χ4n) is 3.21. The smallest absolute Gasteiger partial charge is 0.276 e. The van der Waals surface area contributed by atoms with Crippen molar-refractivity contribution in [2.24, 2.45) is 0 Å². The summed E-state index contributed by atoms with van der Waals surface area (Å²) < 4.78 is 10.7. The van der Waals surface area contributed by atoms with Crippen LogP contribution in [-0.2, 0) is 9.47 Å². The van der Waals surface area contributed by atoms with Crippen molar-refractivity contribution in [2.75, 3.05) is 49.7 Å². The van der Waals surface area contributed by atoms with Crippen molar-refractivity contribution in [2.45, 2.75) is 18.8 Å². The molecule has 0 unspecified atom stereocenters. The predicted molar refractivity (Wildman–Crippen MR) is 100 cm³/mol. The molecule has 7 nitrogen and oxygen atoms in total. The van der Waals surface area contributed by atoms with E-state index >= 15 is 0 Å². The van der Waals surface area contributed by atoms with Crippen molar-refractivity contribution in [3.05, 3.63) is 35.1 Å². The number of aromatic nitrogens is 2. The summed E-state index contributed by atoms with van der Waals surface area (Å²) in [7, 11) is 0. The predicted octanol–water partition coefficient (Wildman–Crippen LogP) is 2.52. The Bertz CT molecular complexity index is 737. The van der Waals surface area contributed by atoms with E-state index in [1.54, 1.807) is 12.3 Å². The van der Waals surface area contributed by atoms with Gasteiger partial charge in [0, 0.05) is 37.6 Å². The van der Waals surface area contributed by atoms with Gasteiger partial charge in [0.15, 0.2) is 5.13 Å². The third-order valence-electron chi connectivity index (χ3n) is 4.74. The molecule has 2 aliphatic rings. The van der Waals surface area contributed by atoms with E-state index < -0.39 is 0 Å². The molecule has 0 aliphatic carbocycles. The van der Waals surface area contributed by atoms with Crippen LogP contribution >= 0.6 is 11.3 Å². The van der Waals surface area contributed by atoms with Crippen LogP contribution in [0.4, 0.5) is 10.8 Å². The van der Waals surface area contributed by atoms with Crippen LogP contribution in [0.3, 0.4) is 0 Å². The van der Waals surface area contributed by atoms with Gasteiger partial charge in [0.25, 0.3) is 5.91 Å². The number of rotatable bonds is 4. The number of nitrogens with one attached hydrogen (secondary N) is 1. The average Bonchev–Trinajstić information content (AvgIpc) is 3.18. The van der Waals surface area contributed by atoms with E-state index in [4.69, 9.17) is 9.47 Å². The molecule has 1 N–H and O–H groups in total. The summed E-state index contributed by atoms with van der Waals surface area (Å²) in [5, 5.41) is 5.51. The molecule has 0 bridgehead atoms. The molecule has 0 saturated carbocycles. The Morgan fingerprint density at radius 1 is 1.15 bits per heavy atom. The van der Waals surface area contributed by atoms with E-state index in [-0.39, 0.29) is 5.91 Å². The molecular formula is C18H22N4O3S. The summed E-state index contributed by atoms with van der Waals surface area (Å²) in [5.41, 5.74) is 2.45. The summed E-state index contributed by atoms with van der Waals surface area (Å²) in [6, 6.07) is 3.69. The molecule has 2 saturated heterocycles. The van der Waals surface area contributed by atoms with Crippen LogP contribution in [0.5, 0.6) is 0 Å². The first-order valence-corrected chi connectivity index (χ1v) is 9.81. The largest absolute Gasteiger partial charge is 0.381 e. The summed E-state index contributed by atoms with van der Waals surface area (Å²) in [6.07, 6.45) is 3.72. The van der Waals surface area contributed by atoms with E-state index in [1.807, 2.05) is 11.4 Å². The van der Waals surface area contributed by atoms with Gasteiger partial charge >= 0.3 is 0 Å². The Kier molecular flexibility index (Phi) is 5.42. The molecule has 2 aromatic heterocycles. The second-order valence-electron chi connectivity index (χ2n) is 6.42. The van der Waals surface area contributed by atoms with Crippen molar-refractivity contribution in [3.8, 4) is 0 Å². The lowest BCUT2D eigenvalue weighted by Gasteiger charge is -2.28. The maximum atomic E-state index is 12.4. The molecule has 4 heterocycles. The van der Waals surface area contributed by atoms with E-state index in [0.717, 1.165) is 63.7 Å². The number of pyridine rings is 1. The van der Waals surface area contributed by atoms with Crippen molar-refractivity contribution >= 4 is 28.1 Å². The highest BCUT2D eigenvalue weighted by Crippen LogP contribution is 2.29. The average molecular weight is 374 g/mol. The Hall–Kier alpha value is -2.03. The highest BCUT2D eigenvalue weighted by Gasteiger charge is 2.20. The van der Waals surface area contributed by atoms with Crippen LogP contribution in [0.15, 0.2) is 23.7 Å². The summed E-state index contributed by atoms with van der Waals surface area (Å²) in [6.45, 7) is 4.71. The number of anilines is 2. The number of carbonyl (C=O) groups excluding carboxylic acids is 1. The number of nitrogens with zero attached hydrogens (tertiary/aromatic N) is 3. The number of morpholine rings is 1. The minimum absolute atomic E-state index is 0.230. The molecule has 0 aromatic carbocycles. The zero-order valence-electron chi connectivity index (χ0n) is 14.5. The van der Waals surface area contributed by atoms with Crippen molar-refractivity contribution in [1.82, 2.24) is 9.97 Å². The number of carbonyl (C=O) groups is 1. The Morgan fingerprint density at radius 2 is 1.92 bits per heavy atom. The first-order chi connectivity index (χ1) is 12.8. The van der Waals surface area contributed by atoms with E-state index in [9.17, 15) is 4.79 Å². The SMILES string of the molecule is O=C(Nc1nc(C2CCOCC2)cs1)c1ccc(N2CCOCC2)cn1. The quantitative estimate of drug-likeness (QED) is 0.886. The van der Waals surface area contributed by atoms with Crippen LogP contribution in [0, 0.1) is 0 Å². The van der Waals surface area contributed by atoms with Gasteiger partial charge in [-0.05, 0) is 25.0 Å². The van der Waals surface area contributed by atoms with Crippen LogP contribution in [-0.4, -0.2) is 55.4 Å². The van der Waals surface area contributed by atoms with Crippen LogP contribution in [0.25, 0.3) is 0 Å². The zero-order valence-corrected chi connectivity index (χ0v) is 15.3. The molecule has 8 heteroatoms. The number of amides is 1. The van der Waals surface area contributed by atoms with Gasteiger partial charge in [-0.25, -0.2) is 9.97 Å². The molecule has 26 heavy (non-hydrogen) atoms. The summed E-state index contributed by atoms with van der Waals surface area (Å²) >= 11 is 1.46. The standard InChI is InChI=1S/C18H22N4O3S/c23-17(15-2-1-14(11-19-15)22-5-9-25-10-6-22)21-18-20-16(12-26-18)13-3-7-24-8-4-13/h1-2,11-13H,3-10H2,(H,20,21,23). The Labute approximate surface area is 156 Å². The lowest BCUT2D eigenvalue weighted by atomic mass is 9.98. The van der Waals surface area contributed by atoms with Crippen LogP contribution in [0.2, 0.25) is 0 Å². The second kappa shape index (κ2) is 8.11. The molecule has 2 fully saturated rings. The van der Waals surface area contributed by atoms with Gasteiger partial charge in [-0.2, -0.15) is 0 Å². The normalized spacial score (nSPS) is 18.7. The monoisotopic (exact) mass is 374 g/mol. The Morgan fingerprint density at radius 3 is 2.65 bits per heavy atom. The minimum Gasteiger partial charge on any atom is -0.381 e. The first-order valence-electron chi connectivity index (χ1n) is 8.93. The van der Waals surface area contributed by atoms with E-state index in [0.29, 0.717) is 16.7 Å². The van der Waals surface area contributed by atoms with Gasteiger partial charge in [0.2, 0.25) is 0 Å². The van der Waals surface area contributed by atoms with Gasteiger partial charge in [-0.3, -0.25) is 10.1 Å². The highest BCUT2D eigenvalue weighted by atomic mass is 32.1. The van der Waals surface area contributed by atoms with Crippen LogP contribution < -0.4 is 10.2 Å². The van der Waals surface area contributed by atoms with Gasteiger partial charge in [0.1, 0.15) is 5.69 Å². The lowest BCUT2D eigenvalue weighted by Crippen LogP contribution is -2.36. The highest BCUT2D eigenvalue weighted by molar-refractivity contribution is 7.14. The molecule has 1 amide bonds. The maximum absolute atomic E-state index is 12.4. The molecule has 2 aromatic rings. The Balaban J connectivity index is 1.37. The molecule has 138 valence electrons. The molecule has 0 radical (unpaired) electrons.